The molecule has 0 spiro atoms. The first-order valence-corrected chi connectivity index (χ1v) is 7.48. The van der Waals surface area contributed by atoms with E-state index in [1.54, 1.807) is 45.9 Å². The molecule has 2 N–H and O–H groups in total. The molecule has 0 bridgehead atoms. The largest absolute Gasteiger partial charge is 0.329 e. The zero-order valence-electron chi connectivity index (χ0n) is 13.8. The quantitative estimate of drug-likeness (QED) is 0.800. The number of nitrogens with zero attached hydrogens (tertiary/aromatic N) is 2. The minimum Gasteiger partial charge on any atom is -0.323 e. The van der Waals surface area contributed by atoms with E-state index in [0.29, 0.717) is 11.4 Å². The molecular weight excluding hydrogens is 312 g/mol. The second-order valence-electron chi connectivity index (χ2n) is 6.91. The van der Waals surface area contributed by atoms with Crippen LogP contribution in [0.2, 0.25) is 0 Å². The van der Waals surface area contributed by atoms with Crippen LogP contribution in [0.15, 0.2) is 24.3 Å². The average molecular weight is 330 g/mol. The maximum Gasteiger partial charge on any atom is 0.329 e. The lowest BCUT2D eigenvalue weighted by Crippen LogP contribution is -2.40. The van der Waals surface area contributed by atoms with Gasteiger partial charge in [-0.15, -0.1) is 0 Å². The van der Waals surface area contributed by atoms with Crippen LogP contribution in [0.25, 0.3) is 0 Å². The molecule has 0 atom stereocenters. The van der Waals surface area contributed by atoms with Gasteiger partial charge in [0.1, 0.15) is 11.1 Å². The number of hydrogen-bond acceptors (Lipinski definition) is 4. The summed E-state index contributed by atoms with van der Waals surface area (Å²) in [6.45, 7) is 6.43. The monoisotopic (exact) mass is 330 g/mol. The molecule has 0 unspecified atom stereocenters. The second kappa shape index (κ2) is 4.80. The standard InChI is InChI=1S/C16H18N4O4/c1-15(2)11(21)19(13(23)17-15)9-6-5-7-10(8-9)20-12(22)16(3,4)18-14(20)24/h5-8H,1-4H3,(H,17,23)(H,18,24). The Bertz CT molecular complexity index is 723. The van der Waals surface area contributed by atoms with Gasteiger partial charge in [0.05, 0.1) is 11.4 Å². The zero-order valence-corrected chi connectivity index (χ0v) is 13.8. The highest BCUT2D eigenvalue weighted by molar-refractivity contribution is 6.25. The number of benzene rings is 1. The molecule has 2 aliphatic heterocycles. The summed E-state index contributed by atoms with van der Waals surface area (Å²) in [5, 5.41) is 5.18. The summed E-state index contributed by atoms with van der Waals surface area (Å²) < 4.78 is 0. The van der Waals surface area contributed by atoms with Gasteiger partial charge in [-0.3, -0.25) is 9.59 Å². The van der Waals surface area contributed by atoms with Crippen LogP contribution in [0.3, 0.4) is 0 Å². The van der Waals surface area contributed by atoms with E-state index in [2.05, 4.69) is 10.6 Å². The van der Waals surface area contributed by atoms with Crippen LogP contribution in [-0.2, 0) is 9.59 Å². The van der Waals surface area contributed by atoms with Gasteiger partial charge in [-0.25, -0.2) is 19.4 Å². The molecule has 8 heteroatoms. The van der Waals surface area contributed by atoms with Crippen molar-refractivity contribution in [2.24, 2.45) is 0 Å². The van der Waals surface area contributed by atoms with Gasteiger partial charge < -0.3 is 10.6 Å². The molecule has 2 aliphatic rings. The van der Waals surface area contributed by atoms with E-state index in [1.807, 2.05) is 0 Å². The van der Waals surface area contributed by atoms with E-state index in [0.717, 1.165) is 9.80 Å². The fraction of sp³-hybridized carbons (Fsp3) is 0.375. The lowest BCUT2D eigenvalue weighted by atomic mass is 10.1. The van der Waals surface area contributed by atoms with Gasteiger partial charge in [0.15, 0.2) is 0 Å². The third-order valence-electron chi connectivity index (χ3n) is 4.07. The maximum atomic E-state index is 12.4. The number of imide groups is 2. The second-order valence-corrected chi connectivity index (χ2v) is 6.91. The molecule has 1 aromatic carbocycles. The van der Waals surface area contributed by atoms with Crippen molar-refractivity contribution in [3.8, 4) is 0 Å². The van der Waals surface area contributed by atoms with Gasteiger partial charge in [0, 0.05) is 0 Å². The summed E-state index contributed by atoms with van der Waals surface area (Å²) in [6, 6.07) is 5.12. The summed E-state index contributed by atoms with van der Waals surface area (Å²) >= 11 is 0. The Labute approximate surface area is 138 Å². The minimum absolute atomic E-state index is 0.297. The lowest BCUT2D eigenvalue weighted by Gasteiger charge is -2.19. The summed E-state index contributed by atoms with van der Waals surface area (Å²) in [5.74, 6) is -0.802. The van der Waals surface area contributed by atoms with Crippen LogP contribution in [0.5, 0.6) is 0 Å². The van der Waals surface area contributed by atoms with Crippen molar-refractivity contribution in [1.29, 1.82) is 0 Å². The van der Waals surface area contributed by atoms with Crippen molar-refractivity contribution in [2.75, 3.05) is 9.80 Å². The van der Waals surface area contributed by atoms with Crippen molar-refractivity contribution >= 4 is 35.3 Å². The number of rotatable bonds is 2. The van der Waals surface area contributed by atoms with Gasteiger partial charge in [0.25, 0.3) is 11.8 Å². The van der Waals surface area contributed by atoms with Crippen LogP contribution < -0.4 is 20.4 Å². The van der Waals surface area contributed by atoms with Crippen LogP contribution in [-0.4, -0.2) is 35.0 Å². The van der Waals surface area contributed by atoms with E-state index >= 15 is 0 Å². The van der Waals surface area contributed by atoms with Crippen LogP contribution in [0, 0.1) is 0 Å². The van der Waals surface area contributed by atoms with Crippen LogP contribution >= 0.6 is 0 Å². The molecule has 2 fully saturated rings. The number of nitrogens with one attached hydrogen (secondary N) is 2. The van der Waals surface area contributed by atoms with E-state index in [1.165, 1.54) is 6.07 Å². The highest BCUT2D eigenvalue weighted by Gasteiger charge is 2.47. The minimum atomic E-state index is -1.00. The highest BCUT2D eigenvalue weighted by Crippen LogP contribution is 2.30. The Morgan fingerprint density at radius 3 is 1.42 bits per heavy atom. The third-order valence-corrected chi connectivity index (χ3v) is 4.07. The van der Waals surface area contributed by atoms with Crippen molar-refractivity contribution < 1.29 is 19.2 Å². The van der Waals surface area contributed by atoms with Gasteiger partial charge in [-0.2, -0.15) is 0 Å². The van der Waals surface area contributed by atoms with Gasteiger partial charge in [-0.1, -0.05) is 6.07 Å². The molecule has 0 aromatic heterocycles. The summed E-state index contributed by atoms with van der Waals surface area (Å²) in [7, 11) is 0. The Hall–Kier alpha value is -2.90. The Kier molecular flexibility index (Phi) is 3.19. The Balaban J connectivity index is 2.00. The van der Waals surface area contributed by atoms with Crippen molar-refractivity contribution in [3.05, 3.63) is 24.3 Å². The van der Waals surface area contributed by atoms with E-state index < -0.39 is 35.0 Å². The fourth-order valence-electron chi connectivity index (χ4n) is 2.74. The first-order valence-electron chi connectivity index (χ1n) is 7.48. The molecule has 8 nitrogen and oxygen atoms in total. The molecule has 0 saturated carbocycles. The smallest absolute Gasteiger partial charge is 0.323 e. The van der Waals surface area contributed by atoms with Gasteiger partial charge >= 0.3 is 12.1 Å². The third kappa shape index (κ3) is 2.22. The molecule has 2 heterocycles. The van der Waals surface area contributed by atoms with Crippen molar-refractivity contribution in [2.45, 2.75) is 38.8 Å². The van der Waals surface area contributed by atoms with Crippen molar-refractivity contribution in [3.63, 3.8) is 0 Å². The number of anilines is 2. The number of carbonyl (C=O) groups excluding carboxylic acids is 4. The number of carbonyl (C=O) groups is 4. The molecule has 0 radical (unpaired) electrons. The van der Waals surface area contributed by atoms with E-state index in [-0.39, 0.29) is 0 Å². The molecule has 6 amide bonds. The van der Waals surface area contributed by atoms with Gasteiger partial charge in [0.2, 0.25) is 0 Å². The lowest BCUT2D eigenvalue weighted by molar-refractivity contribution is -0.121. The van der Waals surface area contributed by atoms with E-state index in [9.17, 15) is 19.2 Å². The SMILES string of the molecule is CC1(C)NC(=O)N(c2cccc(N3C(=O)NC(C)(C)C3=O)c2)C1=O. The topological polar surface area (TPSA) is 98.8 Å². The van der Waals surface area contributed by atoms with Gasteiger partial charge in [-0.05, 0) is 45.9 Å². The predicted molar refractivity (Wildman–Crippen MR) is 86.6 cm³/mol. The summed E-state index contributed by atoms with van der Waals surface area (Å²) in [4.78, 5) is 51.0. The Morgan fingerprint density at radius 1 is 0.750 bits per heavy atom. The molecule has 126 valence electrons. The zero-order chi connectivity index (χ0) is 17.9. The molecular formula is C16H18N4O4. The molecule has 2 saturated heterocycles. The molecule has 24 heavy (non-hydrogen) atoms. The Morgan fingerprint density at radius 2 is 1.12 bits per heavy atom. The molecule has 0 aliphatic carbocycles. The van der Waals surface area contributed by atoms with E-state index in [4.69, 9.17) is 0 Å². The average Bonchev–Trinajstić information content (AvgIpc) is 2.79. The number of urea groups is 2. The first-order chi connectivity index (χ1) is 11.0. The highest BCUT2D eigenvalue weighted by atomic mass is 16.2. The summed E-state index contributed by atoms with van der Waals surface area (Å²) in [6.07, 6.45) is 0. The predicted octanol–water partition coefficient (Wildman–Crippen LogP) is 1.36. The summed E-state index contributed by atoms with van der Waals surface area (Å²) in [5.41, 5.74) is -1.41. The van der Waals surface area contributed by atoms with Crippen LogP contribution in [0.4, 0.5) is 21.0 Å². The van der Waals surface area contributed by atoms with Crippen LogP contribution in [0.1, 0.15) is 27.7 Å². The maximum absolute atomic E-state index is 12.4. The first kappa shape index (κ1) is 16.0. The number of amides is 6. The number of hydrogen-bond donors (Lipinski definition) is 2. The van der Waals surface area contributed by atoms with Crippen molar-refractivity contribution in [1.82, 2.24) is 10.6 Å². The molecule has 3 rings (SSSR count). The molecule has 1 aromatic rings. The fourth-order valence-corrected chi connectivity index (χ4v) is 2.74. The normalized spacial score (nSPS) is 22.0.